The standard InChI is InChI=1S/C12H22N2O2S/c1-11(2,3)16-10(15)14-6-5-12(9-14)13(4)7-8-17-12/h5-9H2,1-4H3. The van der Waals surface area contributed by atoms with E-state index in [0.29, 0.717) is 0 Å². The van der Waals surface area contributed by atoms with E-state index >= 15 is 0 Å². The van der Waals surface area contributed by atoms with Gasteiger partial charge in [0.05, 0.1) is 11.4 Å². The smallest absolute Gasteiger partial charge is 0.410 e. The van der Waals surface area contributed by atoms with Crippen LogP contribution in [-0.4, -0.2) is 58.8 Å². The van der Waals surface area contributed by atoms with Gasteiger partial charge in [-0.15, -0.1) is 11.8 Å². The lowest BCUT2D eigenvalue weighted by Crippen LogP contribution is -2.43. The molecule has 17 heavy (non-hydrogen) atoms. The molecular formula is C12H22N2O2S. The van der Waals surface area contributed by atoms with Gasteiger partial charge in [-0.3, -0.25) is 4.90 Å². The Morgan fingerprint density at radius 3 is 2.59 bits per heavy atom. The van der Waals surface area contributed by atoms with Crippen molar-refractivity contribution in [3.8, 4) is 0 Å². The van der Waals surface area contributed by atoms with Gasteiger partial charge in [-0.25, -0.2) is 4.79 Å². The van der Waals surface area contributed by atoms with E-state index < -0.39 is 5.60 Å². The van der Waals surface area contributed by atoms with Crippen molar-refractivity contribution < 1.29 is 9.53 Å². The summed E-state index contributed by atoms with van der Waals surface area (Å²) in [7, 11) is 2.15. The Labute approximate surface area is 108 Å². The predicted molar refractivity (Wildman–Crippen MR) is 70.2 cm³/mol. The van der Waals surface area contributed by atoms with Crippen LogP contribution in [0.25, 0.3) is 0 Å². The summed E-state index contributed by atoms with van der Waals surface area (Å²) < 4.78 is 5.42. The second kappa shape index (κ2) is 4.35. The molecule has 2 rings (SSSR count). The Bertz CT molecular complexity index is 316. The van der Waals surface area contributed by atoms with Gasteiger partial charge in [0.1, 0.15) is 5.60 Å². The lowest BCUT2D eigenvalue weighted by atomic mass is 10.2. The van der Waals surface area contributed by atoms with E-state index in [0.717, 1.165) is 26.1 Å². The van der Waals surface area contributed by atoms with Crippen LogP contribution in [0.1, 0.15) is 27.2 Å². The quantitative estimate of drug-likeness (QED) is 0.665. The van der Waals surface area contributed by atoms with E-state index in [1.165, 1.54) is 5.75 Å². The molecule has 1 amide bonds. The molecule has 2 aliphatic heterocycles. The molecule has 5 heteroatoms. The maximum Gasteiger partial charge on any atom is 0.410 e. The van der Waals surface area contributed by atoms with E-state index in [2.05, 4.69) is 11.9 Å². The fraction of sp³-hybridized carbons (Fsp3) is 0.917. The Balaban J connectivity index is 1.96. The van der Waals surface area contributed by atoms with Gasteiger partial charge in [0.25, 0.3) is 0 Å². The van der Waals surface area contributed by atoms with Crippen molar-refractivity contribution in [2.45, 2.75) is 37.7 Å². The SMILES string of the molecule is CN1CCSC12CCN(C(=O)OC(C)(C)C)C2. The van der Waals surface area contributed by atoms with Crippen LogP contribution in [0.3, 0.4) is 0 Å². The van der Waals surface area contributed by atoms with Gasteiger partial charge in [-0.1, -0.05) is 0 Å². The summed E-state index contributed by atoms with van der Waals surface area (Å²) >= 11 is 1.98. The first kappa shape index (κ1) is 13.0. The molecule has 0 bridgehead atoms. The van der Waals surface area contributed by atoms with E-state index in [4.69, 9.17) is 4.74 Å². The normalized spacial score (nSPS) is 30.2. The molecular weight excluding hydrogens is 236 g/mol. The Morgan fingerprint density at radius 1 is 1.35 bits per heavy atom. The molecule has 1 atom stereocenters. The number of hydrogen-bond acceptors (Lipinski definition) is 4. The van der Waals surface area contributed by atoms with Gasteiger partial charge in [0, 0.05) is 18.8 Å². The number of ether oxygens (including phenoxy) is 1. The molecule has 0 radical (unpaired) electrons. The molecule has 2 heterocycles. The molecule has 1 unspecified atom stereocenters. The highest BCUT2D eigenvalue weighted by atomic mass is 32.2. The second-order valence-electron chi connectivity index (χ2n) is 5.87. The molecule has 0 aliphatic carbocycles. The fourth-order valence-electron chi connectivity index (χ4n) is 2.36. The van der Waals surface area contributed by atoms with Gasteiger partial charge in [0.15, 0.2) is 0 Å². The average molecular weight is 258 g/mol. The summed E-state index contributed by atoms with van der Waals surface area (Å²) in [5.41, 5.74) is -0.401. The minimum absolute atomic E-state index is 0.150. The number of carbonyl (C=O) groups is 1. The highest BCUT2D eigenvalue weighted by Gasteiger charge is 2.47. The predicted octanol–water partition coefficient (Wildman–Crippen LogP) is 2.00. The lowest BCUT2D eigenvalue weighted by Gasteiger charge is -2.31. The first-order chi connectivity index (χ1) is 7.82. The van der Waals surface area contributed by atoms with E-state index in [9.17, 15) is 4.79 Å². The summed E-state index contributed by atoms with van der Waals surface area (Å²) in [5.74, 6) is 1.17. The molecule has 0 N–H and O–H groups in total. The third kappa shape index (κ3) is 2.71. The Hall–Kier alpha value is -0.420. The zero-order chi connectivity index (χ0) is 12.7. The van der Waals surface area contributed by atoms with Crippen LogP contribution in [0.4, 0.5) is 4.79 Å². The molecule has 2 aliphatic rings. The van der Waals surface area contributed by atoms with Crippen LogP contribution in [0.5, 0.6) is 0 Å². The van der Waals surface area contributed by atoms with Crippen LogP contribution in [-0.2, 0) is 4.74 Å². The van der Waals surface area contributed by atoms with E-state index in [1.54, 1.807) is 0 Å². The highest BCUT2D eigenvalue weighted by Crippen LogP contribution is 2.42. The zero-order valence-electron chi connectivity index (χ0n) is 11.2. The van der Waals surface area contributed by atoms with Crippen LogP contribution in [0, 0.1) is 0 Å². The van der Waals surface area contributed by atoms with Crippen molar-refractivity contribution in [1.29, 1.82) is 0 Å². The van der Waals surface area contributed by atoms with Crippen molar-refractivity contribution in [3.63, 3.8) is 0 Å². The summed E-state index contributed by atoms with van der Waals surface area (Å²) in [5, 5.41) is 0. The average Bonchev–Trinajstić information content (AvgIpc) is 2.74. The summed E-state index contributed by atoms with van der Waals surface area (Å²) in [6.07, 6.45) is 0.878. The van der Waals surface area contributed by atoms with E-state index in [1.807, 2.05) is 37.4 Å². The molecule has 2 saturated heterocycles. The summed E-state index contributed by atoms with van der Waals surface area (Å²) in [6.45, 7) is 8.45. The minimum atomic E-state index is -0.401. The van der Waals surface area contributed by atoms with Crippen LogP contribution in [0.2, 0.25) is 0 Å². The van der Waals surface area contributed by atoms with Gasteiger partial charge >= 0.3 is 6.09 Å². The molecule has 0 aromatic heterocycles. The molecule has 1 spiro atoms. The molecule has 0 saturated carbocycles. The number of likely N-dealkylation sites (tertiary alicyclic amines) is 1. The molecule has 4 nitrogen and oxygen atoms in total. The van der Waals surface area contributed by atoms with E-state index in [-0.39, 0.29) is 11.0 Å². The number of carbonyl (C=O) groups excluding carboxylic acids is 1. The van der Waals surface area contributed by atoms with Crippen molar-refractivity contribution >= 4 is 17.9 Å². The van der Waals surface area contributed by atoms with Gasteiger partial charge < -0.3 is 9.64 Å². The Morgan fingerprint density at radius 2 is 2.06 bits per heavy atom. The summed E-state index contributed by atoms with van der Waals surface area (Å²) in [6, 6.07) is 0. The number of thioether (sulfide) groups is 1. The maximum atomic E-state index is 12.0. The lowest BCUT2D eigenvalue weighted by molar-refractivity contribution is 0.0280. The van der Waals surface area contributed by atoms with Crippen LogP contribution < -0.4 is 0 Å². The molecule has 2 fully saturated rings. The van der Waals surface area contributed by atoms with Crippen molar-refractivity contribution in [1.82, 2.24) is 9.80 Å². The first-order valence-electron chi connectivity index (χ1n) is 6.16. The third-order valence-electron chi connectivity index (χ3n) is 3.36. The van der Waals surface area contributed by atoms with Crippen molar-refractivity contribution in [2.75, 3.05) is 32.4 Å². The number of hydrogen-bond donors (Lipinski definition) is 0. The fourth-order valence-corrected chi connectivity index (χ4v) is 3.90. The number of likely N-dealkylation sites (N-methyl/N-ethyl adjacent to an activating group) is 1. The maximum absolute atomic E-state index is 12.0. The van der Waals surface area contributed by atoms with Gasteiger partial charge in [-0.2, -0.15) is 0 Å². The number of nitrogens with zero attached hydrogens (tertiary/aromatic N) is 2. The van der Waals surface area contributed by atoms with Gasteiger partial charge in [-0.05, 0) is 34.2 Å². The number of rotatable bonds is 0. The molecule has 98 valence electrons. The highest BCUT2D eigenvalue weighted by molar-refractivity contribution is 8.00. The number of amides is 1. The third-order valence-corrected chi connectivity index (χ3v) is 4.92. The first-order valence-corrected chi connectivity index (χ1v) is 7.14. The van der Waals surface area contributed by atoms with Gasteiger partial charge in [0.2, 0.25) is 0 Å². The van der Waals surface area contributed by atoms with Crippen molar-refractivity contribution in [3.05, 3.63) is 0 Å². The second-order valence-corrected chi connectivity index (χ2v) is 7.32. The molecule has 0 aromatic carbocycles. The molecule has 0 aromatic rings. The van der Waals surface area contributed by atoms with Crippen LogP contribution in [0.15, 0.2) is 0 Å². The largest absolute Gasteiger partial charge is 0.444 e. The van der Waals surface area contributed by atoms with Crippen molar-refractivity contribution in [2.24, 2.45) is 0 Å². The topological polar surface area (TPSA) is 32.8 Å². The zero-order valence-corrected chi connectivity index (χ0v) is 12.0. The van der Waals surface area contributed by atoms with Crippen LogP contribution >= 0.6 is 11.8 Å². The monoisotopic (exact) mass is 258 g/mol. The summed E-state index contributed by atoms with van der Waals surface area (Å²) in [4.78, 5) is 16.4. The minimum Gasteiger partial charge on any atom is -0.444 e. The Kier molecular flexibility index (Phi) is 3.34.